The lowest BCUT2D eigenvalue weighted by Gasteiger charge is -2.22. The van der Waals surface area contributed by atoms with E-state index in [2.05, 4.69) is 24.4 Å². The predicted molar refractivity (Wildman–Crippen MR) is 67.1 cm³/mol. The average molecular weight is 223 g/mol. The Hall–Kier alpha value is -0.340. The molecule has 2 N–H and O–H groups in total. The molecule has 3 unspecified atom stereocenters. The first-order chi connectivity index (χ1) is 7.27. The summed E-state index contributed by atoms with van der Waals surface area (Å²) < 4.78 is 0. The molecule has 1 saturated carbocycles. The lowest BCUT2D eigenvalue weighted by atomic mass is 9.88. The fourth-order valence-corrected chi connectivity index (χ4v) is 3.51. The van der Waals surface area contributed by atoms with Crippen molar-refractivity contribution < 1.29 is 0 Å². The van der Waals surface area contributed by atoms with Gasteiger partial charge in [-0.1, -0.05) is 25.8 Å². The van der Waals surface area contributed by atoms with Gasteiger partial charge in [0.25, 0.3) is 0 Å². The molecule has 1 heterocycles. The molecule has 2 rings (SSSR count). The van der Waals surface area contributed by atoms with Gasteiger partial charge >= 0.3 is 0 Å². The van der Waals surface area contributed by atoms with E-state index >= 15 is 0 Å². The van der Waals surface area contributed by atoms with E-state index in [0.717, 1.165) is 18.3 Å². The molecule has 2 heteroatoms. The second kappa shape index (κ2) is 5.13. The van der Waals surface area contributed by atoms with Crippen molar-refractivity contribution in [3.63, 3.8) is 0 Å². The zero-order valence-electron chi connectivity index (χ0n) is 9.49. The minimum absolute atomic E-state index is 0.421. The average Bonchev–Trinajstić information content (AvgIpc) is 2.84. The van der Waals surface area contributed by atoms with Gasteiger partial charge in [0.1, 0.15) is 0 Å². The van der Waals surface area contributed by atoms with E-state index in [1.807, 2.05) is 11.3 Å². The van der Waals surface area contributed by atoms with Crippen molar-refractivity contribution in [2.75, 3.05) is 0 Å². The van der Waals surface area contributed by atoms with Gasteiger partial charge in [0.05, 0.1) is 0 Å². The van der Waals surface area contributed by atoms with Crippen LogP contribution in [-0.2, 0) is 6.42 Å². The molecule has 1 aromatic rings. The highest BCUT2D eigenvalue weighted by molar-refractivity contribution is 7.09. The fourth-order valence-electron chi connectivity index (χ4n) is 2.79. The molecule has 1 aliphatic rings. The molecule has 0 aliphatic heterocycles. The minimum Gasteiger partial charge on any atom is -0.327 e. The van der Waals surface area contributed by atoms with Crippen LogP contribution in [0.4, 0.5) is 0 Å². The molecule has 0 aromatic carbocycles. The smallest absolute Gasteiger partial charge is 0.00731 e. The normalized spacial score (nSPS) is 28.1. The number of hydrogen-bond donors (Lipinski definition) is 1. The van der Waals surface area contributed by atoms with Crippen LogP contribution in [0.5, 0.6) is 0 Å². The van der Waals surface area contributed by atoms with Crippen LogP contribution in [0.3, 0.4) is 0 Å². The van der Waals surface area contributed by atoms with Crippen molar-refractivity contribution in [3.05, 3.63) is 22.4 Å². The quantitative estimate of drug-likeness (QED) is 0.831. The molecule has 0 amide bonds. The van der Waals surface area contributed by atoms with Crippen molar-refractivity contribution in [1.29, 1.82) is 0 Å². The van der Waals surface area contributed by atoms with Gasteiger partial charge in [-0.3, -0.25) is 0 Å². The second-order valence-electron chi connectivity index (χ2n) is 4.85. The highest BCUT2D eigenvalue weighted by atomic mass is 32.1. The first-order valence-corrected chi connectivity index (χ1v) is 6.93. The minimum atomic E-state index is 0.421. The Morgan fingerprint density at radius 3 is 3.00 bits per heavy atom. The molecule has 15 heavy (non-hydrogen) atoms. The summed E-state index contributed by atoms with van der Waals surface area (Å²) in [4.78, 5) is 1.48. The van der Waals surface area contributed by atoms with Crippen LogP contribution < -0.4 is 5.73 Å². The summed E-state index contributed by atoms with van der Waals surface area (Å²) in [5.74, 6) is 1.63. The van der Waals surface area contributed by atoms with E-state index < -0.39 is 0 Å². The summed E-state index contributed by atoms with van der Waals surface area (Å²) in [7, 11) is 0. The van der Waals surface area contributed by atoms with Gasteiger partial charge in [-0.15, -0.1) is 11.3 Å². The maximum absolute atomic E-state index is 6.29. The van der Waals surface area contributed by atoms with E-state index in [-0.39, 0.29) is 0 Å². The number of nitrogens with two attached hydrogens (primary N) is 1. The van der Waals surface area contributed by atoms with Crippen LogP contribution >= 0.6 is 11.3 Å². The Morgan fingerprint density at radius 2 is 2.40 bits per heavy atom. The standard InChI is InChI=1S/C13H21NS/c1-10-4-2-6-12(10)13(14)8-7-11-5-3-9-15-11/h3,5,9-10,12-13H,2,4,6-8,14H2,1H3. The molecule has 1 fully saturated rings. The Morgan fingerprint density at radius 1 is 1.53 bits per heavy atom. The van der Waals surface area contributed by atoms with Gasteiger partial charge < -0.3 is 5.73 Å². The third kappa shape index (κ3) is 2.82. The summed E-state index contributed by atoms with van der Waals surface area (Å²) in [6, 6.07) is 4.77. The highest BCUT2D eigenvalue weighted by Gasteiger charge is 2.28. The molecule has 0 bridgehead atoms. The molecule has 1 aliphatic carbocycles. The number of thiophene rings is 1. The third-order valence-corrected chi connectivity index (χ3v) is 4.72. The monoisotopic (exact) mass is 223 g/mol. The molecule has 3 atom stereocenters. The van der Waals surface area contributed by atoms with E-state index in [0.29, 0.717) is 6.04 Å². The largest absolute Gasteiger partial charge is 0.327 e. The van der Waals surface area contributed by atoms with E-state index in [9.17, 15) is 0 Å². The maximum Gasteiger partial charge on any atom is 0.00731 e. The van der Waals surface area contributed by atoms with Crippen LogP contribution in [0.25, 0.3) is 0 Å². The van der Waals surface area contributed by atoms with Crippen LogP contribution in [0.15, 0.2) is 17.5 Å². The molecular weight excluding hydrogens is 202 g/mol. The molecule has 84 valence electrons. The van der Waals surface area contributed by atoms with Crippen molar-refractivity contribution in [2.24, 2.45) is 17.6 Å². The van der Waals surface area contributed by atoms with Gasteiger partial charge in [-0.05, 0) is 42.5 Å². The predicted octanol–water partition coefficient (Wildman–Crippen LogP) is 3.44. The number of rotatable bonds is 4. The zero-order chi connectivity index (χ0) is 10.7. The van der Waals surface area contributed by atoms with Gasteiger partial charge in [0, 0.05) is 10.9 Å². The molecule has 0 saturated heterocycles. The molecular formula is C13H21NS. The van der Waals surface area contributed by atoms with Gasteiger partial charge in [0.15, 0.2) is 0 Å². The summed E-state index contributed by atoms with van der Waals surface area (Å²) in [6.07, 6.45) is 6.46. The lowest BCUT2D eigenvalue weighted by Crippen LogP contribution is -2.32. The van der Waals surface area contributed by atoms with Crippen molar-refractivity contribution >= 4 is 11.3 Å². The fraction of sp³-hybridized carbons (Fsp3) is 0.692. The van der Waals surface area contributed by atoms with Crippen molar-refractivity contribution in [2.45, 2.75) is 45.1 Å². The van der Waals surface area contributed by atoms with Crippen LogP contribution in [0.2, 0.25) is 0 Å². The van der Waals surface area contributed by atoms with Crippen LogP contribution in [0, 0.1) is 11.8 Å². The molecule has 0 spiro atoms. The second-order valence-corrected chi connectivity index (χ2v) is 5.89. The van der Waals surface area contributed by atoms with Crippen molar-refractivity contribution in [1.82, 2.24) is 0 Å². The van der Waals surface area contributed by atoms with Crippen molar-refractivity contribution in [3.8, 4) is 0 Å². The van der Waals surface area contributed by atoms with Gasteiger partial charge in [0.2, 0.25) is 0 Å². The number of aryl methyl sites for hydroxylation is 1. The van der Waals surface area contributed by atoms with Gasteiger partial charge in [-0.25, -0.2) is 0 Å². The lowest BCUT2D eigenvalue weighted by molar-refractivity contribution is 0.332. The Bertz CT molecular complexity index is 281. The van der Waals surface area contributed by atoms with E-state index in [1.54, 1.807) is 0 Å². The highest BCUT2D eigenvalue weighted by Crippen LogP contribution is 2.34. The number of hydrogen-bond acceptors (Lipinski definition) is 2. The summed E-state index contributed by atoms with van der Waals surface area (Å²) in [5.41, 5.74) is 6.29. The van der Waals surface area contributed by atoms with E-state index in [1.165, 1.54) is 30.6 Å². The SMILES string of the molecule is CC1CCCC1C(N)CCc1cccs1. The molecule has 1 aromatic heterocycles. The Balaban J connectivity index is 1.79. The van der Waals surface area contributed by atoms with Gasteiger partial charge in [-0.2, -0.15) is 0 Å². The topological polar surface area (TPSA) is 26.0 Å². The third-order valence-electron chi connectivity index (χ3n) is 3.78. The Kier molecular flexibility index (Phi) is 3.81. The van der Waals surface area contributed by atoms with Crippen LogP contribution in [-0.4, -0.2) is 6.04 Å². The first-order valence-electron chi connectivity index (χ1n) is 6.05. The molecule has 1 nitrogen and oxygen atoms in total. The Labute approximate surface area is 96.7 Å². The summed E-state index contributed by atoms with van der Waals surface area (Å²) in [5, 5.41) is 2.15. The summed E-state index contributed by atoms with van der Waals surface area (Å²) >= 11 is 1.85. The van der Waals surface area contributed by atoms with Crippen LogP contribution in [0.1, 0.15) is 37.5 Å². The first kappa shape index (κ1) is 11.2. The maximum atomic E-state index is 6.29. The zero-order valence-corrected chi connectivity index (χ0v) is 10.3. The summed E-state index contributed by atoms with van der Waals surface area (Å²) in [6.45, 7) is 2.36. The molecule has 0 radical (unpaired) electrons. The van der Waals surface area contributed by atoms with E-state index in [4.69, 9.17) is 5.73 Å².